The normalized spacial score (nSPS) is 10.8. The van der Waals surface area contributed by atoms with Crippen LogP contribution in [0.3, 0.4) is 0 Å². The lowest BCUT2D eigenvalue weighted by Crippen LogP contribution is -2.13. The molecule has 7 heteroatoms. The number of hydrogen-bond donors (Lipinski definition) is 2. The predicted molar refractivity (Wildman–Crippen MR) is 109 cm³/mol. The summed E-state index contributed by atoms with van der Waals surface area (Å²) in [6.07, 6.45) is 1.80. The maximum absolute atomic E-state index is 12.5. The maximum Gasteiger partial charge on any atom is 0.274 e. The highest BCUT2D eigenvalue weighted by Crippen LogP contribution is 2.19. The highest BCUT2D eigenvalue weighted by molar-refractivity contribution is 6.31. The van der Waals surface area contributed by atoms with Gasteiger partial charge >= 0.3 is 0 Å². The van der Waals surface area contributed by atoms with Crippen LogP contribution in [-0.4, -0.2) is 25.9 Å². The largest absolute Gasteiger partial charge is 0.304 e. The van der Waals surface area contributed by atoms with Crippen LogP contribution in [0.15, 0.2) is 66.9 Å². The van der Waals surface area contributed by atoms with E-state index in [4.69, 9.17) is 11.6 Å². The molecular weight excluding hydrogens is 374 g/mol. The molecule has 1 amide bonds. The fraction of sp³-hybridized carbons (Fsp3) is 0.0952. The first-order valence-electron chi connectivity index (χ1n) is 8.79. The van der Waals surface area contributed by atoms with E-state index < -0.39 is 0 Å². The van der Waals surface area contributed by atoms with Gasteiger partial charge in [-0.05, 0) is 24.6 Å². The second-order valence-electron chi connectivity index (χ2n) is 6.48. The van der Waals surface area contributed by atoms with E-state index in [9.17, 15) is 4.79 Å². The number of carbonyl (C=O) groups is 1. The predicted octanol–water partition coefficient (Wildman–Crippen LogP) is 4.54. The summed E-state index contributed by atoms with van der Waals surface area (Å²) in [6, 6.07) is 19.0. The molecule has 0 fully saturated rings. The smallest absolute Gasteiger partial charge is 0.274 e. The van der Waals surface area contributed by atoms with Gasteiger partial charge in [0, 0.05) is 22.8 Å². The highest BCUT2D eigenvalue weighted by atomic mass is 35.5. The van der Waals surface area contributed by atoms with Gasteiger partial charge < -0.3 is 5.32 Å². The number of amides is 1. The fourth-order valence-corrected chi connectivity index (χ4v) is 3.01. The molecule has 0 unspecified atom stereocenters. The Kier molecular flexibility index (Phi) is 4.95. The van der Waals surface area contributed by atoms with Crippen LogP contribution < -0.4 is 5.32 Å². The van der Waals surface area contributed by atoms with Gasteiger partial charge in [0.2, 0.25) is 0 Å². The topological polar surface area (TPSA) is 75.6 Å². The minimum atomic E-state index is -0.297. The number of rotatable bonds is 5. The van der Waals surface area contributed by atoms with E-state index >= 15 is 0 Å². The van der Waals surface area contributed by atoms with Crippen LogP contribution in [0.1, 0.15) is 21.6 Å². The van der Waals surface area contributed by atoms with Crippen LogP contribution in [0, 0.1) is 6.92 Å². The summed E-state index contributed by atoms with van der Waals surface area (Å²) in [4.78, 5) is 12.5. The second-order valence-corrected chi connectivity index (χ2v) is 6.88. The molecule has 2 aromatic heterocycles. The van der Waals surface area contributed by atoms with Crippen LogP contribution in [-0.2, 0) is 6.54 Å². The van der Waals surface area contributed by atoms with Crippen molar-refractivity contribution in [2.45, 2.75) is 13.5 Å². The van der Waals surface area contributed by atoms with Gasteiger partial charge in [0.25, 0.3) is 5.91 Å². The summed E-state index contributed by atoms with van der Waals surface area (Å²) in [6.45, 7) is 2.55. The Bertz CT molecular complexity index is 1110. The molecular formula is C21H18ClN5O. The van der Waals surface area contributed by atoms with Crippen molar-refractivity contribution in [3.63, 3.8) is 0 Å². The molecule has 0 aliphatic carbocycles. The van der Waals surface area contributed by atoms with Crippen molar-refractivity contribution in [1.29, 1.82) is 0 Å². The summed E-state index contributed by atoms with van der Waals surface area (Å²) < 4.78 is 1.72. The van der Waals surface area contributed by atoms with Crippen molar-refractivity contribution in [1.82, 2.24) is 20.0 Å². The molecule has 0 saturated heterocycles. The number of H-pyrrole nitrogens is 1. The molecule has 2 heterocycles. The zero-order valence-electron chi connectivity index (χ0n) is 15.2. The Labute approximate surface area is 167 Å². The van der Waals surface area contributed by atoms with Crippen molar-refractivity contribution in [3.8, 4) is 11.3 Å². The zero-order chi connectivity index (χ0) is 19.5. The molecule has 2 aromatic carbocycles. The summed E-state index contributed by atoms with van der Waals surface area (Å²) in [5, 5.41) is 14.8. The SMILES string of the molecule is Cc1ccc(-c2cc(C(=O)Nc3ccn(Cc4ccccc4Cl)n3)[nH]n2)cc1. The number of benzene rings is 2. The van der Waals surface area contributed by atoms with Gasteiger partial charge in [-0.2, -0.15) is 10.2 Å². The number of halogens is 1. The first-order valence-corrected chi connectivity index (χ1v) is 9.17. The number of nitrogens with one attached hydrogen (secondary N) is 2. The number of nitrogens with zero attached hydrogens (tertiary/aromatic N) is 3. The van der Waals surface area contributed by atoms with Gasteiger partial charge in [0.1, 0.15) is 5.69 Å². The Morgan fingerprint density at radius 1 is 1.14 bits per heavy atom. The van der Waals surface area contributed by atoms with Gasteiger partial charge in [-0.15, -0.1) is 0 Å². The highest BCUT2D eigenvalue weighted by Gasteiger charge is 2.13. The van der Waals surface area contributed by atoms with Gasteiger partial charge in [0.05, 0.1) is 12.2 Å². The lowest BCUT2D eigenvalue weighted by Gasteiger charge is -2.04. The van der Waals surface area contributed by atoms with Crippen LogP contribution >= 0.6 is 11.6 Å². The summed E-state index contributed by atoms with van der Waals surface area (Å²) in [7, 11) is 0. The van der Waals surface area contributed by atoms with Gasteiger partial charge in [-0.3, -0.25) is 14.6 Å². The van der Waals surface area contributed by atoms with E-state index in [1.807, 2.05) is 55.5 Å². The number of anilines is 1. The molecule has 0 atom stereocenters. The van der Waals surface area contributed by atoms with E-state index in [-0.39, 0.29) is 5.91 Å². The van der Waals surface area contributed by atoms with Crippen molar-refractivity contribution in [2.75, 3.05) is 5.32 Å². The molecule has 0 aliphatic heterocycles. The second kappa shape index (κ2) is 7.70. The molecule has 0 spiro atoms. The Morgan fingerprint density at radius 3 is 2.71 bits per heavy atom. The molecule has 4 rings (SSSR count). The Balaban J connectivity index is 1.44. The standard InChI is InChI=1S/C21H18ClN5O/c1-14-6-8-15(9-7-14)18-12-19(25-24-18)21(28)23-20-10-11-27(26-20)13-16-4-2-3-5-17(16)22/h2-12H,13H2,1H3,(H,24,25)(H,23,26,28). The van der Waals surface area contributed by atoms with Crippen molar-refractivity contribution in [3.05, 3.63) is 88.7 Å². The van der Waals surface area contributed by atoms with Crippen molar-refractivity contribution in [2.24, 2.45) is 0 Å². The Morgan fingerprint density at radius 2 is 1.93 bits per heavy atom. The molecule has 0 aliphatic rings. The van der Waals surface area contributed by atoms with Crippen LogP contribution in [0.25, 0.3) is 11.3 Å². The lowest BCUT2D eigenvalue weighted by atomic mass is 10.1. The fourth-order valence-electron chi connectivity index (χ4n) is 2.81. The maximum atomic E-state index is 12.5. The van der Waals surface area contributed by atoms with E-state index in [2.05, 4.69) is 20.6 Å². The van der Waals surface area contributed by atoms with E-state index in [0.717, 1.165) is 16.8 Å². The molecule has 28 heavy (non-hydrogen) atoms. The number of aryl methyl sites for hydroxylation is 1. The van der Waals surface area contributed by atoms with Gasteiger partial charge in [-0.25, -0.2) is 0 Å². The average molecular weight is 392 g/mol. The third kappa shape index (κ3) is 3.97. The third-order valence-corrected chi connectivity index (χ3v) is 4.71. The monoisotopic (exact) mass is 391 g/mol. The van der Waals surface area contributed by atoms with E-state index in [1.54, 1.807) is 23.0 Å². The summed E-state index contributed by atoms with van der Waals surface area (Å²) in [5.74, 6) is 0.164. The van der Waals surface area contributed by atoms with Gasteiger partial charge in [0.15, 0.2) is 5.82 Å². The number of hydrogen-bond acceptors (Lipinski definition) is 3. The molecule has 0 saturated carbocycles. The first kappa shape index (κ1) is 18.0. The van der Waals surface area contributed by atoms with Crippen molar-refractivity contribution >= 4 is 23.3 Å². The molecule has 6 nitrogen and oxygen atoms in total. The van der Waals surface area contributed by atoms with Gasteiger partial charge in [-0.1, -0.05) is 59.6 Å². The van der Waals surface area contributed by atoms with E-state index in [0.29, 0.717) is 23.1 Å². The van der Waals surface area contributed by atoms with Crippen LogP contribution in [0.4, 0.5) is 5.82 Å². The minimum Gasteiger partial charge on any atom is -0.304 e. The molecule has 0 radical (unpaired) electrons. The average Bonchev–Trinajstić information content (AvgIpc) is 3.34. The number of aromatic amines is 1. The lowest BCUT2D eigenvalue weighted by molar-refractivity contribution is 0.102. The van der Waals surface area contributed by atoms with Crippen molar-refractivity contribution < 1.29 is 4.79 Å². The van der Waals surface area contributed by atoms with Crippen LogP contribution in [0.2, 0.25) is 5.02 Å². The number of aromatic nitrogens is 4. The summed E-state index contributed by atoms with van der Waals surface area (Å²) in [5.41, 5.74) is 4.17. The molecule has 140 valence electrons. The number of carbonyl (C=O) groups excluding carboxylic acids is 1. The third-order valence-electron chi connectivity index (χ3n) is 4.34. The molecule has 4 aromatic rings. The first-order chi connectivity index (χ1) is 13.6. The van der Waals surface area contributed by atoms with E-state index in [1.165, 1.54) is 5.56 Å². The quantitative estimate of drug-likeness (QED) is 0.524. The summed E-state index contributed by atoms with van der Waals surface area (Å²) >= 11 is 6.18. The minimum absolute atomic E-state index is 0.297. The van der Waals surface area contributed by atoms with Crippen LogP contribution in [0.5, 0.6) is 0 Å². The molecule has 0 bridgehead atoms. The zero-order valence-corrected chi connectivity index (χ0v) is 15.9. The Hall–Kier alpha value is -3.38. The molecule has 2 N–H and O–H groups in total.